The van der Waals surface area contributed by atoms with E-state index >= 15 is 0 Å². The number of carbonyl (C=O) groups excluding carboxylic acids is 1. The molecule has 0 spiro atoms. The van der Waals surface area contributed by atoms with Crippen molar-refractivity contribution in [1.29, 1.82) is 0 Å². The number of amides is 1. The van der Waals surface area contributed by atoms with Crippen molar-refractivity contribution in [2.24, 2.45) is 0 Å². The molecule has 2 fully saturated rings. The number of likely N-dealkylation sites (tertiary alicyclic amines) is 2. The molecule has 0 aliphatic carbocycles. The van der Waals surface area contributed by atoms with E-state index in [0.29, 0.717) is 18.0 Å². The van der Waals surface area contributed by atoms with Crippen LogP contribution >= 0.6 is 0 Å². The van der Waals surface area contributed by atoms with Crippen molar-refractivity contribution >= 4 is 11.9 Å². The fourth-order valence-corrected chi connectivity index (χ4v) is 3.76. The van der Waals surface area contributed by atoms with Crippen molar-refractivity contribution in [2.75, 3.05) is 32.7 Å². The summed E-state index contributed by atoms with van der Waals surface area (Å²) in [6.07, 6.45) is 5.76. The van der Waals surface area contributed by atoms with Gasteiger partial charge in [0.25, 0.3) is 0 Å². The standard InChI is InChI=1S/C19H26N2O3/c22-18(21-10-3-1-2-4-11-21)14-20-12-9-17(13-20)15-5-7-16(8-6-15)19(23)24/h5-8,17H,1-4,9-14H2,(H,23,24)/t17-/m0/s1. The lowest BCUT2D eigenvalue weighted by Gasteiger charge is -2.24. The molecule has 1 amide bonds. The molecule has 2 aliphatic heterocycles. The van der Waals surface area contributed by atoms with Gasteiger partial charge in [-0.25, -0.2) is 4.79 Å². The van der Waals surface area contributed by atoms with Gasteiger partial charge in [0.2, 0.25) is 5.91 Å². The zero-order chi connectivity index (χ0) is 16.9. The van der Waals surface area contributed by atoms with Gasteiger partial charge < -0.3 is 10.0 Å². The van der Waals surface area contributed by atoms with Crippen LogP contribution in [0.5, 0.6) is 0 Å². The van der Waals surface area contributed by atoms with Gasteiger partial charge >= 0.3 is 5.97 Å². The van der Waals surface area contributed by atoms with Gasteiger partial charge in [0, 0.05) is 19.6 Å². The Morgan fingerprint density at radius 1 is 1.00 bits per heavy atom. The molecule has 0 radical (unpaired) electrons. The Morgan fingerprint density at radius 2 is 1.67 bits per heavy atom. The van der Waals surface area contributed by atoms with Gasteiger partial charge in [0.1, 0.15) is 0 Å². The average Bonchev–Trinajstić information content (AvgIpc) is 2.87. The first-order chi connectivity index (χ1) is 11.6. The molecule has 1 N–H and O–H groups in total. The fraction of sp³-hybridized carbons (Fsp3) is 0.579. The molecule has 24 heavy (non-hydrogen) atoms. The quantitative estimate of drug-likeness (QED) is 0.922. The molecule has 2 heterocycles. The second-order valence-corrected chi connectivity index (χ2v) is 6.94. The van der Waals surface area contributed by atoms with Gasteiger partial charge in [-0.05, 0) is 49.4 Å². The van der Waals surface area contributed by atoms with Crippen LogP contribution in [-0.2, 0) is 4.79 Å². The molecule has 0 saturated carbocycles. The van der Waals surface area contributed by atoms with Crippen LogP contribution in [0.1, 0.15) is 53.9 Å². The Balaban J connectivity index is 1.53. The minimum Gasteiger partial charge on any atom is -0.478 e. The highest BCUT2D eigenvalue weighted by Crippen LogP contribution is 2.27. The summed E-state index contributed by atoms with van der Waals surface area (Å²) < 4.78 is 0. The molecule has 0 bridgehead atoms. The van der Waals surface area contributed by atoms with Gasteiger partial charge in [-0.3, -0.25) is 9.69 Å². The second kappa shape index (κ2) is 7.79. The lowest BCUT2D eigenvalue weighted by molar-refractivity contribution is -0.132. The summed E-state index contributed by atoms with van der Waals surface area (Å²) in [5, 5.41) is 8.98. The molecule has 130 valence electrons. The van der Waals surface area contributed by atoms with E-state index in [2.05, 4.69) is 4.90 Å². The van der Waals surface area contributed by atoms with Gasteiger partial charge in [-0.15, -0.1) is 0 Å². The molecule has 2 saturated heterocycles. The molecule has 3 rings (SSSR count). The minimum atomic E-state index is -0.891. The maximum atomic E-state index is 12.5. The van der Waals surface area contributed by atoms with Gasteiger partial charge in [-0.1, -0.05) is 25.0 Å². The molecule has 1 aromatic rings. The van der Waals surface area contributed by atoms with Crippen LogP contribution < -0.4 is 0 Å². The van der Waals surface area contributed by atoms with E-state index in [-0.39, 0.29) is 5.91 Å². The molecule has 1 atom stereocenters. The Hall–Kier alpha value is -1.88. The van der Waals surface area contributed by atoms with Gasteiger partial charge in [0.15, 0.2) is 0 Å². The van der Waals surface area contributed by atoms with Crippen LogP contribution in [0.3, 0.4) is 0 Å². The van der Waals surface area contributed by atoms with E-state index in [4.69, 9.17) is 5.11 Å². The largest absolute Gasteiger partial charge is 0.478 e. The fourth-order valence-electron chi connectivity index (χ4n) is 3.76. The van der Waals surface area contributed by atoms with E-state index in [1.165, 1.54) is 18.4 Å². The van der Waals surface area contributed by atoms with E-state index < -0.39 is 5.97 Å². The Bertz CT molecular complexity index is 577. The number of nitrogens with zero attached hydrogens (tertiary/aromatic N) is 2. The summed E-state index contributed by atoms with van der Waals surface area (Å²) >= 11 is 0. The Labute approximate surface area is 143 Å². The number of carbonyl (C=O) groups is 2. The van der Waals surface area contributed by atoms with Crippen LogP contribution in [0.15, 0.2) is 24.3 Å². The smallest absolute Gasteiger partial charge is 0.335 e. The molecule has 0 unspecified atom stereocenters. The van der Waals surface area contributed by atoms with E-state index in [1.807, 2.05) is 17.0 Å². The molecule has 5 heteroatoms. The summed E-state index contributed by atoms with van der Waals surface area (Å²) in [6.45, 7) is 4.15. The predicted molar refractivity (Wildman–Crippen MR) is 92.2 cm³/mol. The molecule has 5 nitrogen and oxygen atoms in total. The van der Waals surface area contributed by atoms with Gasteiger partial charge in [0.05, 0.1) is 12.1 Å². The Morgan fingerprint density at radius 3 is 2.29 bits per heavy atom. The SMILES string of the molecule is O=C(O)c1ccc([C@H]2CCN(CC(=O)N3CCCCCC3)C2)cc1. The number of aromatic carboxylic acids is 1. The third-order valence-corrected chi connectivity index (χ3v) is 5.22. The number of carboxylic acids is 1. The number of benzene rings is 1. The lowest BCUT2D eigenvalue weighted by atomic mass is 9.97. The topological polar surface area (TPSA) is 60.9 Å². The first-order valence-corrected chi connectivity index (χ1v) is 8.97. The molecule has 2 aliphatic rings. The normalized spacial score (nSPS) is 22.3. The van der Waals surface area contributed by atoms with E-state index in [1.54, 1.807) is 12.1 Å². The van der Waals surface area contributed by atoms with Crippen molar-refractivity contribution in [1.82, 2.24) is 9.80 Å². The second-order valence-electron chi connectivity index (χ2n) is 6.94. The highest BCUT2D eigenvalue weighted by Gasteiger charge is 2.27. The first-order valence-electron chi connectivity index (χ1n) is 8.97. The third-order valence-electron chi connectivity index (χ3n) is 5.22. The van der Waals surface area contributed by atoms with Crippen LogP contribution in [0, 0.1) is 0 Å². The summed E-state index contributed by atoms with van der Waals surface area (Å²) in [4.78, 5) is 27.7. The summed E-state index contributed by atoms with van der Waals surface area (Å²) in [6, 6.07) is 7.16. The van der Waals surface area contributed by atoms with Crippen molar-refractivity contribution in [3.05, 3.63) is 35.4 Å². The van der Waals surface area contributed by atoms with Crippen molar-refractivity contribution in [3.8, 4) is 0 Å². The molecular weight excluding hydrogens is 304 g/mol. The van der Waals surface area contributed by atoms with E-state index in [9.17, 15) is 9.59 Å². The summed E-state index contributed by atoms with van der Waals surface area (Å²) in [5.74, 6) is -0.235. The van der Waals surface area contributed by atoms with Crippen LogP contribution in [0.4, 0.5) is 0 Å². The number of rotatable bonds is 4. The van der Waals surface area contributed by atoms with E-state index in [0.717, 1.165) is 45.4 Å². The van der Waals surface area contributed by atoms with Crippen LogP contribution in [-0.4, -0.2) is 59.5 Å². The monoisotopic (exact) mass is 330 g/mol. The maximum Gasteiger partial charge on any atom is 0.335 e. The highest BCUT2D eigenvalue weighted by atomic mass is 16.4. The Kier molecular flexibility index (Phi) is 5.51. The average molecular weight is 330 g/mol. The predicted octanol–water partition coefficient (Wildman–Crippen LogP) is 2.58. The minimum absolute atomic E-state index is 0.263. The van der Waals surface area contributed by atoms with Crippen LogP contribution in [0.25, 0.3) is 0 Å². The summed E-state index contributed by atoms with van der Waals surface area (Å²) in [5.41, 5.74) is 1.50. The van der Waals surface area contributed by atoms with Gasteiger partial charge in [-0.2, -0.15) is 0 Å². The first kappa shape index (κ1) is 17.0. The maximum absolute atomic E-state index is 12.5. The zero-order valence-corrected chi connectivity index (χ0v) is 14.1. The summed E-state index contributed by atoms with van der Waals surface area (Å²) in [7, 11) is 0. The lowest BCUT2D eigenvalue weighted by Crippen LogP contribution is -2.40. The van der Waals surface area contributed by atoms with Crippen molar-refractivity contribution < 1.29 is 14.7 Å². The molecule has 1 aromatic carbocycles. The highest BCUT2D eigenvalue weighted by molar-refractivity contribution is 5.87. The number of hydrogen-bond acceptors (Lipinski definition) is 3. The third kappa shape index (κ3) is 4.15. The van der Waals surface area contributed by atoms with Crippen molar-refractivity contribution in [2.45, 2.75) is 38.0 Å². The van der Waals surface area contributed by atoms with Crippen LogP contribution in [0.2, 0.25) is 0 Å². The molecule has 0 aromatic heterocycles. The molecular formula is C19H26N2O3. The number of carboxylic acid groups (broad SMARTS) is 1. The number of hydrogen-bond donors (Lipinski definition) is 1. The zero-order valence-electron chi connectivity index (χ0n) is 14.1. The van der Waals surface area contributed by atoms with Crippen molar-refractivity contribution in [3.63, 3.8) is 0 Å².